The van der Waals surface area contributed by atoms with Gasteiger partial charge in [-0.3, -0.25) is 0 Å². The summed E-state index contributed by atoms with van der Waals surface area (Å²) in [6.07, 6.45) is -0.466. The molecule has 0 aliphatic rings. The number of rotatable bonds is 1. The van der Waals surface area contributed by atoms with Crippen molar-refractivity contribution in [2.24, 2.45) is 0 Å². The van der Waals surface area contributed by atoms with E-state index in [1.807, 2.05) is 0 Å². The summed E-state index contributed by atoms with van der Waals surface area (Å²) in [6.45, 7) is 1.62. The van der Waals surface area contributed by atoms with Gasteiger partial charge in [-0.15, -0.1) is 11.6 Å². The molecule has 1 nitrogen and oxygen atoms in total. The first-order chi connectivity index (χ1) is 2.64. The third-order valence-corrected chi connectivity index (χ3v) is 1.49. The van der Waals surface area contributed by atoms with Gasteiger partial charge in [-0.2, -0.15) is 0 Å². The van der Waals surface area contributed by atoms with Gasteiger partial charge in [0, 0.05) is 0 Å². The van der Waals surface area contributed by atoms with E-state index in [2.05, 4.69) is 15.9 Å². The van der Waals surface area contributed by atoms with Gasteiger partial charge in [-0.05, 0) is 6.92 Å². The molecule has 1 N–H and O–H groups in total. The topological polar surface area (TPSA) is 20.2 Å². The zero-order valence-electron chi connectivity index (χ0n) is 3.36. The van der Waals surface area contributed by atoms with Crippen LogP contribution >= 0.6 is 27.5 Å². The second-order valence-electron chi connectivity index (χ2n) is 1.08. The highest BCUT2D eigenvalue weighted by Gasteiger charge is 2.02. The molecule has 0 saturated carbocycles. The van der Waals surface area contributed by atoms with Crippen LogP contribution < -0.4 is 0 Å². The van der Waals surface area contributed by atoms with Crippen molar-refractivity contribution >= 4 is 27.5 Å². The second kappa shape index (κ2) is 2.83. The van der Waals surface area contributed by atoms with Crippen LogP contribution in [0.3, 0.4) is 0 Å². The maximum atomic E-state index is 8.45. The van der Waals surface area contributed by atoms with Gasteiger partial charge in [-0.1, -0.05) is 15.9 Å². The summed E-state index contributed by atoms with van der Waals surface area (Å²) in [7, 11) is 0. The van der Waals surface area contributed by atoms with E-state index in [0.717, 1.165) is 0 Å². The number of alkyl halides is 2. The standard InChI is InChI=1S/C3H6BrClO/c1-2(6)3(4)5/h2-3,6H,1H3. The monoisotopic (exact) mass is 172 g/mol. The van der Waals surface area contributed by atoms with Crippen LogP contribution in [0.4, 0.5) is 0 Å². The second-order valence-corrected chi connectivity index (χ2v) is 3.06. The van der Waals surface area contributed by atoms with Crippen LogP contribution in [0.25, 0.3) is 0 Å². The summed E-state index contributed by atoms with van der Waals surface area (Å²) in [5.41, 5.74) is 0. The van der Waals surface area contributed by atoms with E-state index in [-0.39, 0.29) is 4.29 Å². The Kier molecular flexibility index (Phi) is 3.17. The van der Waals surface area contributed by atoms with Gasteiger partial charge >= 0.3 is 0 Å². The van der Waals surface area contributed by atoms with Crippen LogP contribution in [0.5, 0.6) is 0 Å². The first-order valence-corrected chi connectivity index (χ1v) is 2.96. The maximum Gasteiger partial charge on any atom is 0.114 e. The number of hydrogen-bond acceptors (Lipinski definition) is 1. The lowest BCUT2D eigenvalue weighted by molar-refractivity contribution is 0.212. The predicted molar refractivity (Wildman–Crippen MR) is 30.2 cm³/mol. The summed E-state index contributed by atoms with van der Waals surface area (Å²) in [6, 6.07) is 0. The average Bonchev–Trinajstić information content (AvgIpc) is 1.36. The Morgan fingerprint density at radius 1 is 1.83 bits per heavy atom. The molecule has 0 aliphatic carbocycles. The number of aliphatic hydroxyl groups is 1. The van der Waals surface area contributed by atoms with E-state index in [0.29, 0.717) is 0 Å². The molecule has 0 aromatic carbocycles. The first kappa shape index (κ1) is 6.73. The van der Waals surface area contributed by atoms with Gasteiger partial charge in [0.05, 0.1) is 6.10 Å². The maximum absolute atomic E-state index is 8.45. The molecule has 0 radical (unpaired) electrons. The molecule has 0 saturated heterocycles. The van der Waals surface area contributed by atoms with Crippen molar-refractivity contribution < 1.29 is 5.11 Å². The summed E-state index contributed by atoms with van der Waals surface area (Å²) in [4.78, 5) is 0. The van der Waals surface area contributed by atoms with Crippen molar-refractivity contribution in [2.75, 3.05) is 0 Å². The SMILES string of the molecule is CC(O)C(Cl)Br. The Balaban J connectivity index is 2.99. The van der Waals surface area contributed by atoms with E-state index >= 15 is 0 Å². The van der Waals surface area contributed by atoms with Crippen molar-refractivity contribution in [3.8, 4) is 0 Å². The molecule has 38 valence electrons. The zero-order valence-corrected chi connectivity index (χ0v) is 5.70. The lowest BCUT2D eigenvalue weighted by atomic mass is 10.5. The smallest absolute Gasteiger partial charge is 0.114 e. The molecule has 0 rings (SSSR count). The van der Waals surface area contributed by atoms with Crippen molar-refractivity contribution in [1.82, 2.24) is 0 Å². The fraction of sp³-hybridized carbons (Fsp3) is 1.00. The third kappa shape index (κ3) is 2.94. The van der Waals surface area contributed by atoms with Crippen LogP contribution in [-0.2, 0) is 0 Å². The summed E-state index contributed by atoms with van der Waals surface area (Å²) in [5.74, 6) is 0. The molecule has 0 aromatic heterocycles. The van der Waals surface area contributed by atoms with E-state index < -0.39 is 6.10 Å². The van der Waals surface area contributed by atoms with E-state index in [4.69, 9.17) is 16.7 Å². The quantitative estimate of drug-likeness (QED) is 0.593. The Bertz CT molecular complexity index is 31.8. The van der Waals surface area contributed by atoms with Gasteiger partial charge < -0.3 is 5.11 Å². The molecule has 0 amide bonds. The average molecular weight is 173 g/mol. The van der Waals surface area contributed by atoms with Crippen LogP contribution in [-0.4, -0.2) is 15.5 Å². The Morgan fingerprint density at radius 2 is 2.00 bits per heavy atom. The van der Waals surface area contributed by atoms with Crippen LogP contribution in [0.1, 0.15) is 6.92 Å². The van der Waals surface area contributed by atoms with Crippen molar-refractivity contribution in [2.45, 2.75) is 17.3 Å². The zero-order chi connectivity index (χ0) is 5.15. The normalized spacial score (nSPS) is 20.0. The van der Waals surface area contributed by atoms with Crippen LogP contribution in [0.15, 0.2) is 0 Å². The van der Waals surface area contributed by atoms with Crippen molar-refractivity contribution in [1.29, 1.82) is 0 Å². The fourth-order valence-electron chi connectivity index (χ4n) is 0. The van der Waals surface area contributed by atoms with Gasteiger partial charge in [0.2, 0.25) is 0 Å². The molecule has 0 fully saturated rings. The molecule has 0 aliphatic heterocycles. The summed E-state index contributed by atoms with van der Waals surface area (Å²) >= 11 is 8.23. The molecule has 0 bridgehead atoms. The van der Waals surface area contributed by atoms with E-state index in [1.165, 1.54) is 0 Å². The number of hydrogen-bond donors (Lipinski definition) is 1. The molecule has 3 heteroatoms. The molecule has 2 atom stereocenters. The highest BCUT2D eigenvalue weighted by Crippen LogP contribution is 2.08. The van der Waals surface area contributed by atoms with Gasteiger partial charge in [0.15, 0.2) is 0 Å². The number of aliphatic hydroxyl groups excluding tert-OH is 1. The molecule has 0 heterocycles. The highest BCUT2D eigenvalue weighted by atomic mass is 79.9. The predicted octanol–water partition coefficient (Wildman–Crippen LogP) is 1.33. The minimum absolute atomic E-state index is 0.308. The molecule has 0 spiro atoms. The van der Waals surface area contributed by atoms with E-state index in [1.54, 1.807) is 6.92 Å². The molecule has 0 aromatic rings. The number of halogens is 2. The fourth-order valence-corrected chi connectivity index (χ4v) is 0. The molecule has 2 unspecified atom stereocenters. The minimum Gasteiger partial charge on any atom is -0.391 e. The minimum atomic E-state index is -0.466. The third-order valence-electron chi connectivity index (χ3n) is 0.365. The van der Waals surface area contributed by atoms with Crippen LogP contribution in [0.2, 0.25) is 0 Å². The highest BCUT2D eigenvalue weighted by molar-refractivity contribution is 9.10. The first-order valence-electron chi connectivity index (χ1n) is 1.61. The van der Waals surface area contributed by atoms with E-state index in [9.17, 15) is 0 Å². The van der Waals surface area contributed by atoms with Crippen molar-refractivity contribution in [3.05, 3.63) is 0 Å². The molecular weight excluding hydrogens is 167 g/mol. The van der Waals surface area contributed by atoms with Gasteiger partial charge in [-0.25, -0.2) is 0 Å². The van der Waals surface area contributed by atoms with Gasteiger partial charge in [0.1, 0.15) is 4.29 Å². The Morgan fingerprint density at radius 3 is 2.00 bits per heavy atom. The van der Waals surface area contributed by atoms with Gasteiger partial charge in [0.25, 0.3) is 0 Å². The lowest BCUT2D eigenvalue weighted by Gasteiger charge is -2.00. The largest absolute Gasteiger partial charge is 0.391 e. The molecular formula is C3H6BrClO. The Hall–Kier alpha value is 0.730. The summed E-state index contributed by atoms with van der Waals surface area (Å²) < 4.78 is -0.308. The van der Waals surface area contributed by atoms with Crippen LogP contribution in [0, 0.1) is 0 Å². The van der Waals surface area contributed by atoms with Crippen molar-refractivity contribution in [3.63, 3.8) is 0 Å². The Labute approximate surface area is 50.4 Å². The summed E-state index contributed by atoms with van der Waals surface area (Å²) in [5, 5.41) is 8.45. The lowest BCUT2D eigenvalue weighted by Crippen LogP contribution is -2.07. The molecule has 6 heavy (non-hydrogen) atoms.